The molecule has 0 aromatic heterocycles. The smallest absolute Gasteiger partial charge is 0.248 e. The summed E-state index contributed by atoms with van der Waals surface area (Å²) in [4.78, 5) is 87.0. The lowest BCUT2D eigenvalue weighted by Crippen LogP contribution is -2.64. The van der Waals surface area contributed by atoms with E-state index in [0.29, 0.717) is 43.2 Å². The molecule has 0 spiro atoms. The summed E-state index contributed by atoms with van der Waals surface area (Å²) in [5, 5.41) is 16.8. The number of rotatable bonds is 22. The Balaban J connectivity index is 1.26. The first-order valence-electron chi connectivity index (χ1n) is 23.3. The highest BCUT2D eigenvalue weighted by Crippen LogP contribution is 2.38. The van der Waals surface area contributed by atoms with Crippen LogP contribution in [0.1, 0.15) is 96.8 Å². The van der Waals surface area contributed by atoms with E-state index in [2.05, 4.69) is 43.7 Å². The molecule has 15 heteroatoms. The quantitative estimate of drug-likeness (QED) is 0.0277. The molecule has 0 radical (unpaired) electrons. The molecule has 1 aliphatic rings. The van der Waals surface area contributed by atoms with Crippen LogP contribution in [0.4, 0.5) is 0 Å². The number of carbonyl (C=O) groups excluding carboxylic acids is 6. The summed E-state index contributed by atoms with van der Waals surface area (Å²) >= 11 is 0. The average Bonchev–Trinajstić information content (AvgIpc) is 3.34. The lowest BCUT2D eigenvalue weighted by molar-refractivity contribution is -0.138. The molecule has 0 saturated heterocycles. The van der Waals surface area contributed by atoms with E-state index in [9.17, 15) is 28.8 Å². The Morgan fingerprint density at radius 1 is 0.647 bits per heavy atom. The second kappa shape index (κ2) is 24.3. The number of hydrogen-bond acceptors (Lipinski definition) is 7. The van der Waals surface area contributed by atoms with Crippen LogP contribution in [0, 0.1) is 0 Å². The number of nitrogens with two attached hydrogens (primary N) is 3. The van der Waals surface area contributed by atoms with Crippen molar-refractivity contribution in [3.8, 4) is 0 Å². The molecule has 1 fully saturated rings. The minimum atomic E-state index is -1.27. The largest absolute Gasteiger partial charge is 0.370 e. The molecule has 0 heterocycles. The van der Waals surface area contributed by atoms with Crippen LogP contribution in [0.15, 0.2) is 132 Å². The molecule has 6 amide bonds. The van der Waals surface area contributed by atoms with E-state index >= 15 is 0 Å². The molecule has 5 aromatic carbocycles. The molecule has 356 valence electrons. The predicted octanol–water partition coefficient (Wildman–Crippen LogP) is 4.56. The number of carbonyl (C=O) groups is 6. The van der Waals surface area contributed by atoms with E-state index < -0.39 is 53.2 Å². The summed E-state index contributed by atoms with van der Waals surface area (Å²) < 4.78 is 0. The number of hydrogen-bond donors (Lipinski definition) is 8. The Bertz CT molecular complexity index is 2540. The Morgan fingerprint density at radius 2 is 1.24 bits per heavy atom. The van der Waals surface area contributed by atoms with Gasteiger partial charge in [0.05, 0.1) is 0 Å². The van der Waals surface area contributed by atoms with Crippen molar-refractivity contribution in [1.29, 1.82) is 0 Å². The van der Waals surface area contributed by atoms with Crippen molar-refractivity contribution in [2.45, 2.75) is 107 Å². The van der Waals surface area contributed by atoms with Crippen molar-refractivity contribution in [2.24, 2.45) is 22.2 Å². The molecular weight excluding hydrogens is 859 g/mol. The van der Waals surface area contributed by atoms with E-state index in [1.165, 1.54) is 5.56 Å². The molecule has 0 aliphatic heterocycles. The molecule has 5 aromatic rings. The first-order valence-corrected chi connectivity index (χ1v) is 23.3. The number of guanidine groups is 1. The summed E-state index contributed by atoms with van der Waals surface area (Å²) in [6.07, 6.45) is 3.41. The minimum Gasteiger partial charge on any atom is -0.370 e. The van der Waals surface area contributed by atoms with Crippen LogP contribution < -0.4 is 43.8 Å². The number of amides is 6. The van der Waals surface area contributed by atoms with Crippen LogP contribution in [0.25, 0.3) is 10.8 Å². The minimum absolute atomic E-state index is 0.0781. The van der Waals surface area contributed by atoms with E-state index in [0.717, 1.165) is 21.9 Å². The number of benzene rings is 5. The molecule has 1 saturated carbocycles. The third kappa shape index (κ3) is 14.2. The highest BCUT2D eigenvalue weighted by Gasteiger charge is 2.44. The van der Waals surface area contributed by atoms with Gasteiger partial charge in [-0.1, -0.05) is 122 Å². The van der Waals surface area contributed by atoms with Gasteiger partial charge < -0.3 is 43.8 Å². The third-order valence-corrected chi connectivity index (χ3v) is 12.5. The van der Waals surface area contributed by atoms with Gasteiger partial charge >= 0.3 is 0 Å². The second-order valence-corrected chi connectivity index (χ2v) is 17.5. The molecule has 3 atom stereocenters. The fraction of sp³-hybridized carbons (Fsp3) is 0.340. The van der Waals surface area contributed by atoms with Crippen LogP contribution in [-0.2, 0) is 43.4 Å². The summed E-state index contributed by atoms with van der Waals surface area (Å²) in [5.41, 5.74) is 19.1. The Kier molecular flexibility index (Phi) is 17.8. The maximum Gasteiger partial charge on any atom is 0.248 e. The molecule has 68 heavy (non-hydrogen) atoms. The van der Waals surface area contributed by atoms with Crippen LogP contribution in [0.3, 0.4) is 0 Å². The molecule has 6 rings (SSSR count). The summed E-state index contributed by atoms with van der Waals surface area (Å²) in [5.74, 6) is -2.98. The molecule has 15 nitrogen and oxygen atoms in total. The first-order chi connectivity index (χ1) is 32.8. The standard InChI is InChI=1S/C53H63N9O6/c1-2-12-46(63)62-53(28-26-40(27-29-53)38-15-7-4-8-16-38)51(68)61-45(32-35-13-5-3-6-14-35)50(67)59-43(19-11-30-57-52(55)56)49(66)60-44(33-37-22-23-39-17-9-10-18-42(39)31-37)48(65)58-34-36-20-24-41(25-21-36)47(54)64/h3-10,13-18,20-25,31,40,43-45H,2,11-12,19,26-30,32-34H2,1H3,(H2,54,64)(H,58,65)(H,59,67)(H,60,66)(H,61,68)(H,62,63)(H4,55,56,57)/t40?,43-,44?,45+,53?/m0/s1. The van der Waals surface area contributed by atoms with Gasteiger partial charge in [-0.2, -0.15) is 0 Å². The first kappa shape index (κ1) is 49.9. The zero-order chi connectivity index (χ0) is 48.5. The molecular formula is C53H63N9O6. The number of nitrogens with zero attached hydrogens (tertiary/aromatic N) is 1. The fourth-order valence-corrected chi connectivity index (χ4v) is 8.72. The maximum atomic E-state index is 14.7. The van der Waals surface area contributed by atoms with Gasteiger partial charge in [0.1, 0.15) is 23.7 Å². The van der Waals surface area contributed by atoms with Crippen LogP contribution >= 0.6 is 0 Å². The van der Waals surface area contributed by atoms with Crippen molar-refractivity contribution < 1.29 is 28.8 Å². The van der Waals surface area contributed by atoms with Gasteiger partial charge in [0.2, 0.25) is 35.4 Å². The zero-order valence-corrected chi connectivity index (χ0v) is 38.5. The van der Waals surface area contributed by atoms with Gasteiger partial charge in [0, 0.05) is 37.9 Å². The summed E-state index contributed by atoms with van der Waals surface area (Å²) in [6, 6.07) is 36.0. The number of primary amides is 1. The van der Waals surface area contributed by atoms with Crippen LogP contribution in [0.2, 0.25) is 0 Å². The topological polar surface area (TPSA) is 253 Å². The van der Waals surface area contributed by atoms with Gasteiger partial charge in [-0.05, 0) is 96.0 Å². The van der Waals surface area contributed by atoms with Crippen LogP contribution in [0.5, 0.6) is 0 Å². The Labute approximate surface area is 397 Å². The van der Waals surface area contributed by atoms with Gasteiger partial charge in [0.15, 0.2) is 5.96 Å². The Hall–Kier alpha value is -7.55. The van der Waals surface area contributed by atoms with Gasteiger partial charge in [0.25, 0.3) is 0 Å². The number of aliphatic imine (C=N–C) groups is 1. The number of fused-ring (bicyclic) bond motifs is 1. The van der Waals surface area contributed by atoms with Crippen molar-refractivity contribution in [1.82, 2.24) is 26.6 Å². The average molecular weight is 922 g/mol. The van der Waals surface area contributed by atoms with Crippen molar-refractivity contribution in [2.75, 3.05) is 6.54 Å². The molecule has 1 unspecified atom stereocenters. The number of nitrogens with one attached hydrogen (secondary N) is 5. The Morgan fingerprint density at radius 3 is 1.90 bits per heavy atom. The highest BCUT2D eigenvalue weighted by atomic mass is 16.2. The maximum absolute atomic E-state index is 14.7. The van der Waals surface area contributed by atoms with E-state index in [-0.39, 0.29) is 63.0 Å². The fourth-order valence-electron chi connectivity index (χ4n) is 8.72. The molecule has 11 N–H and O–H groups in total. The monoisotopic (exact) mass is 921 g/mol. The third-order valence-electron chi connectivity index (χ3n) is 12.5. The summed E-state index contributed by atoms with van der Waals surface area (Å²) in [6.45, 7) is 2.15. The van der Waals surface area contributed by atoms with Crippen molar-refractivity contribution >= 4 is 52.2 Å². The predicted molar refractivity (Wildman–Crippen MR) is 264 cm³/mol. The molecule has 0 bridgehead atoms. The van der Waals surface area contributed by atoms with Gasteiger partial charge in [-0.25, -0.2) is 0 Å². The van der Waals surface area contributed by atoms with Crippen molar-refractivity contribution in [3.63, 3.8) is 0 Å². The van der Waals surface area contributed by atoms with Crippen molar-refractivity contribution in [3.05, 3.63) is 155 Å². The lowest BCUT2D eigenvalue weighted by atomic mass is 9.73. The van der Waals surface area contributed by atoms with E-state index in [1.807, 2.05) is 97.9 Å². The van der Waals surface area contributed by atoms with E-state index in [4.69, 9.17) is 17.2 Å². The van der Waals surface area contributed by atoms with Gasteiger partial charge in [-0.3, -0.25) is 33.8 Å². The second-order valence-electron chi connectivity index (χ2n) is 17.5. The van der Waals surface area contributed by atoms with Crippen LogP contribution in [-0.4, -0.2) is 71.6 Å². The van der Waals surface area contributed by atoms with E-state index in [1.54, 1.807) is 24.3 Å². The highest BCUT2D eigenvalue weighted by molar-refractivity contribution is 5.97. The van der Waals surface area contributed by atoms with Gasteiger partial charge in [-0.15, -0.1) is 0 Å². The lowest BCUT2D eigenvalue weighted by Gasteiger charge is -2.40. The summed E-state index contributed by atoms with van der Waals surface area (Å²) in [7, 11) is 0. The normalized spacial score (nSPS) is 16.8. The SMILES string of the molecule is CCCC(=O)NC1(C(=O)N[C@H](Cc2ccccc2)C(=O)N[C@@H](CCCN=C(N)N)C(=O)NC(Cc2ccc3ccccc3c2)C(=O)NCc2ccc(C(N)=O)cc2)CCC(c2ccccc2)CC1. The zero-order valence-electron chi connectivity index (χ0n) is 38.5. The molecule has 1 aliphatic carbocycles.